The highest BCUT2D eigenvalue weighted by molar-refractivity contribution is 14.0. The molecule has 33 heavy (non-hydrogen) atoms. The average molecular weight is 562 g/mol. The van der Waals surface area contributed by atoms with Crippen molar-refractivity contribution in [3.8, 4) is 11.5 Å². The zero-order valence-electron chi connectivity index (χ0n) is 19.2. The summed E-state index contributed by atoms with van der Waals surface area (Å²) >= 11 is 0. The van der Waals surface area contributed by atoms with Gasteiger partial charge in [-0.3, -0.25) is 4.79 Å². The van der Waals surface area contributed by atoms with E-state index in [0.717, 1.165) is 29.2 Å². The van der Waals surface area contributed by atoms with Crippen molar-refractivity contribution < 1.29 is 9.47 Å². The monoisotopic (exact) mass is 562 g/mol. The molecule has 3 aromatic rings. The van der Waals surface area contributed by atoms with Gasteiger partial charge in [0.25, 0.3) is 5.56 Å². The normalized spacial score (nSPS) is 10.8. The third kappa shape index (κ3) is 7.81. The molecule has 0 aliphatic heterocycles. The van der Waals surface area contributed by atoms with Crippen LogP contribution in [0.2, 0.25) is 0 Å². The van der Waals surface area contributed by atoms with Crippen molar-refractivity contribution in [2.75, 3.05) is 20.8 Å². The number of ether oxygens (including phenoxy) is 2. The van der Waals surface area contributed by atoms with E-state index in [0.29, 0.717) is 31.1 Å². The summed E-state index contributed by atoms with van der Waals surface area (Å²) in [6, 6.07) is 19.2. The first-order chi connectivity index (χ1) is 15.6. The number of aliphatic imine (C=N–C) groups is 1. The lowest BCUT2D eigenvalue weighted by Gasteiger charge is -2.13. The number of nitrogens with zero attached hydrogens (tertiary/aromatic N) is 2. The average Bonchev–Trinajstić information content (AvgIpc) is 2.83. The molecule has 1 heterocycles. The molecule has 176 valence electrons. The van der Waals surface area contributed by atoms with E-state index in [4.69, 9.17) is 9.47 Å². The van der Waals surface area contributed by atoms with Gasteiger partial charge in [-0.15, -0.1) is 24.0 Å². The fourth-order valence-electron chi connectivity index (χ4n) is 3.23. The summed E-state index contributed by atoms with van der Waals surface area (Å²) in [4.78, 5) is 16.6. The highest BCUT2D eigenvalue weighted by Gasteiger charge is 2.05. The molecule has 0 atom stereocenters. The van der Waals surface area contributed by atoms with Gasteiger partial charge in [0.2, 0.25) is 0 Å². The molecule has 0 unspecified atom stereocenters. The van der Waals surface area contributed by atoms with Crippen LogP contribution in [-0.2, 0) is 19.6 Å². The van der Waals surface area contributed by atoms with E-state index in [1.807, 2.05) is 43.3 Å². The maximum absolute atomic E-state index is 11.9. The molecule has 8 heteroatoms. The van der Waals surface area contributed by atoms with Crippen LogP contribution < -0.4 is 25.7 Å². The van der Waals surface area contributed by atoms with Crippen molar-refractivity contribution >= 4 is 29.9 Å². The number of aromatic nitrogens is 1. The van der Waals surface area contributed by atoms with E-state index in [-0.39, 0.29) is 29.5 Å². The predicted molar refractivity (Wildman–Crippen MR) is 143 cm³/mol. The number of hydrogen-bond donors (Lipinski definition) is 2. The van der Waals surface area contributed by atoms with E-state index in [1.165, 1.54) is 0 Å². The molecule has 0 spiro atoms. The molecular formula is C25H31IN4O3. The standard InChI is InChI=1S/C25H30N4O3.HI/c1-4-26-25(28-17-21-12-13-22(31-2)23(15-21)32-3)27-16-19-8-10-20(11-9-19)18-29-14-6-5-7-24(29)30;/h5-15H,4,16-18H2,1-3H3,(H2,26,27,28);1H. The predicted octanol–water partition coefficient (Wildman–Crippen LogP) is 3.79. The van der Waals surface area contributed by atoms with Gasteiger partial charge in [-0.2, -0.15) is 0 Å². The fourth-order valence-corrected chi connectivity index (χ4v) is 3.23. The van der Waals surface area contributed by atoms with Gasteiger partial charge in [-0.1, -0.05) is 36.4 Å². The Hall–Kier alpha value is -3.01. The lowest BCUT2D eigenvalue weighted by atomic mass is 10.1. The van der Waals surface area contributed by atoms with Crippen LogP contribution in [-0.4, -0.2) is 31.3 Å². The maximum Gasteiger partial charge on any atom is 0.250 e. The van der Waals surface area contributed by atoms with Crippen molar-refractivity contribution in [2.24, 2.45) is 4.99 Å². The van der Waals surface area contributed by atoms with E-state index >= 15 is 0 Å². The van der Waals surface area contributed by atoms with Gasteiger partial charge < -0.3 is 24.7 Å². The summed E-state index contributed by atoms with van der Waals surface area (Å²) in [5.74, 6) is 2.13. The van der Waals surface area contributed by atoms with E-state index in [9.17, 15) is 4.79 Å². The van der Waals surface area contributed by atoms with Crippen LogP contribution in [0.5, 0.6) is 11.5 Å². The van der Waals surface area contributed by atoms with Crippen LogP contribution in [0.3, 0.4) is 0 Å². The van der Waals surface area contributed by atoms with Crippen molar-refractivity contribution in [2.45, 2.75) is 26.6 Å². The minimum absolute atomic E-state index is 0. The Morgan fingerprint density at radius 2 is 1.61 bits per heavy atom. The van der Waals surface area contributed by atoms with Gasteiger partial charge in [0.05, 0.1) is 27.3 Å². The second kappa shape index (κ2) is 13.5. The van der Waals surface area contributed by atoms with Crippen LogP contribution in [0, 0.1) is 0 Å². The zero-order chi connectivity index (χ0) is 22.8. The molecule has 0 saturated heterocycles. The van der Waals surface area contributed by atoms with E-state index in [1.54, 1.807) is 37.1 Å². The molecule has 2 aromatic carbocycles. The Balaban J connectivity index is 0.00000385. The minimum Gasteiger partial charge on any atom is -0.493 e. The van der Waals surface area contributed by atoms with Crippen molar-refractivity contribution in [1.29, 1.82) is 0 Å². The molecule has 2 N–H and O–H groups in total. The second-order valence-electron chi connectivity index (χ2n) is 7.22. The van der Waals surface area contributed by atoms with Gasteiger partial charge in [-0.25, -0.2) is 4.99 Å². The first-order valence-corrected chi connectivity index (χ1v) is 10.6. The summed E-state index contributed by atoms with van der Waals surface area (Å²) in [7, 11) is 3.25. The van der Waals surface area contributed by atoms with E-state index in [2.05, 4.69) is 27.8 Å². The molecular weight excluding hydrogens is 531 g/mol. The van der Waals surface area contributed by atoms with E-state index < -0.39 is 0 Å². The topological polar surface area (TPSA) is 76.9 Å². The maximum atomic E-state index is 11.9. The van der Waals surface area contributed by atoms with Crippen LogP contribution in [0.4, 0.5) is 0 Å². The zero-order valence-corrected chi connectivity index (χ0v) is 21.5. The van der Waals surface area contributed by atoms with Crippen LogP contribution in [0.1, 0.15) is 23.6 Å². The summed E-state index contributed by atoms with van der Waals surface area (Å²) in [6.45, 7) is 4.52. The van der Waals surface area contributed by atoms with Gasteiger partial charge >= 0.3 is 0 Å². The summed E-state index contributed by atoms with van der Waals surface area (Å²) in [5, 5.41) is 6.63. The number of pyridine rings is 1. The largest absolute Gasteiger partial charge is 0.493 e. The fraction of sp³-hybridized carbons (Fsp3) is 0.280. The highest BCUT2D eigenvalue weighted by Crippen LogP contribution is 2.27. The molecule has 0 saturated carbocycles. The van der Waals surface area contributed by atoms with Gasteiger partial charge in [0.15, 0.2) is 17.5 Å². The molecule has 0 fully saturated rings. The van der Waals surface area contributed by atoms with Crippen LogP contribution in [0.25, 0.3) is 0 Å². The number of guanidine groups is 1. The van der Waals surface area contributed by atoms with Gasteiger partial charge in [-0.05, 0) is 41.8 Å². The summed E-state index contributed by atoms with van der Waals surface area (Å²) in [5.41, 5.74) is 3.24. The Morgan fingerprint density at radius 3 is 2.27 bits per heavy atom. The summed E-state index contributed by atoms with van der Waals surface area (Å²) < 4.78 is 12.3. The Bertz CT molecular complexity index is 1100. The molecule has 3 rings (SSSR count). The molecule has 0 radical (unpaired) electrons. The quantitative estimate of drug-likeness (QED) is 0.236. The second-order valence-corrected chi connectivity index (χ2v) is 7.22. The lowest BCUT2D eigenvalue weighted by Crippen LogP contribution is -2.36. The molecule has 0 aliphatic rings. The number of nitrogens with one attached hydrogen (secondary N) is 2. The first kappa shape index (κ1) is 26.2. The van der Waals surface area contributed by atoms with Gasteiger partial charge in [0.1, 0.15) is 0 Å². The third-order valence-electron chi connectivity index (χ3n) is 4.95. The Labute approximate surface area is 211 Å². The number of methoxy groups -OCH3 is 2. The lowest BCUT2D eigenvalue weighted by molar-refractivity contribution is 0.354. The van der Waals surface area contributed by atoms with Gasteiger partial charge in [0, 0.05) is 25.4 Å². The number of benzene rings is 2. The van der Waals surface area contributed by atoms with Crippen LogP contribution in [0.15, 0.2) is 76.6 Å². The molecule has 1 aromatic heterocycles. The first-order valence-electron chi connectivity index (χ1n) is 10.6. The van der Waals surface area contributed by atoms with Crippen LogP contribution >= 0.6 is 24.0 Å². The van der Waals surface area contributed by atoms with Crippen molar-refractivity contribution in [1.82, 2.24) is 15.2 Å². The van der Waals surface area contributed by atoms with Crippen molar-refractivity contribution in [3.63, 3.8) is 0 Å². The highest BCUT2D eigenvalue weighted by atomic mass is 127. The molecule has 0 bridgehead atoms. The molecule has 7 nitrogen and oxygen atoms in total. The van der Waals surface area contributed by atoms with Crippen molar-refractivity contribution in [3.05, 3.63) is 93.9 Å². The number of rotatable bonds is 9. The molecule has 0 aliphatic carbocycles. The third-order valence-corrected chi connectivity index (χ3v) is 4.95. The molecule has 0 amide bonds. The smallest absolute Gasteiger partial charge is 0.250 e. The minimum atomic E-state index is -0.000725. The Morgan fingerprint density at radius 1 is 0.909 bits per heavy atom. The Kier molecular flexibility index (Phi) is 10.8. The number of halogens is 1. The number of hydrogen-bond acceptors (Lipinski definition) is 4. The SMILES string of the molecule is CCNC(=NCc1ccc(OC)c(OC)c1)NCc1ccc(Cn2ccccc2=O)cc1.I. The summed E-state index contributed by atoms with van der Waals surface area (Å²) in [6.07, 6.45) is 1.80.